The minimum atomic E-state index is -1.05. The van der Waals surface area contributed by atoms with Gasteiger partial charge in [-0.2, -0.15) is 0 Å². The molecule has 0 aromatic rings. The Morgan fingerprint density at radius 3 is 1.31 bits per heavy atom. The first kappa shape index (κ1) is 31.4. The predicted molar refractivity (Wildman–Crippen MR) is 132 cm³/mol. The van der Waals surface area contributed by atoms with Crippen molar-refractivity contribution >= 4 is 5.97 Å². The van der Waals surface area contributed by atoms with Crippen molar-refractivity contribution < 1.29 is 24.6 Å². The van der Waals surface area contributed by atoms with Crippen LogP contribution in [-0.4, -0.2) is 59.6 Å². The molecule has 5 nitrogen and oxygen atoms in total. The lowest BCUT2D eigenvalue weighted by Crippen LogP contribution is -2.64. The minimum absolute atomic E-state index is 0.0631. The Morgan fingerprint density at radius 1 is 0.625 bits per heavy atom. The largest absolute Gasteiger partial charge is 0.544 e. The monoisotopic (exact) mass is 457 g/mol. The number of aliphatic carboxylic acids is 1. The maximum Gasteiger partial charge on any atom is 0.129 e. The molecule has 1 atom stereocenters. The third-order valence-electron chi connectivity index (χ3n) is 7.04. The van der Waals surface area contributed by atoms with E-state index in [0.29, 0.717) is 26.1 Å². The van der Waals surface area contributed by atoms with Gasteiger partial charge < -0.3 is 24.6 Å². The van der Waals surface area contributed by atoms with Gasteiger partial charge in [-0.25, -0.2) is 0 Å². The summed E-state index contributed by atoms with van der Waals surface area (Å²) in [7, 11) is 0. The molecule has 5 heteroatoms. The van der Waals surface area contributed by atoms with E-state index >= 15 is 0 Å². The summed E-state index contributed by atoms with van der Waals surface area (Å²) in [5.41, 5.74) is 0. The van der Waals surface area contributed by atoms with Crippen molar-refractivity contribution in [3.63, 3.8) is 0 Å². The van der Waals surface area contributed by atoms with E-state index in [1.807, 2.05) is 6.92 Å². The zero-order valence-corrected chi connectivity index (χ0v) is 21.5. The normalized spacial score (nSPS) is 12.9. The van der Waals surface area contributed by atoms with Crippen LogP contribution in [0.3, 0.4) is 0 Å². The highest BCUT2D eigenvalue weighted by Crippen LogP contribution is 2.21. The Kier molecular flexibility index (Phi) is 21.7. The lowest BCUT2D eigenvalue weighted by molar-refractivity contribution is -0.946. The van der Waals surface area contributed by atoms with E-state index < -0.39 is 12.0 Å². The van der Waals surface area contributed by atoms with Crippen molar-refractivity contribution in [3.8, 4) is 0 Å². The van der Waals surface area contributed by atoms with Gasteiger partial charge in [0, 0.05) is 6.42 Å². The van der Waals surface area contributed by atoms with Gasteiger partial charge in [0.05, 0.1) is 25.7 Å². The molecule has 0 amide bonds. The van der Waals surface area contributed by atoms with Gasteiger partial charge in [0.2, 0.25) is 0 Å². The van der Waals surface area contributed by atoms with Crippen LogP contribution in [0.2, 0.25) is 0 Å². The van der Waals surface area contributed by atoms with Crippen molar-refractivity contribution in [2.24, 2.45) is 0 Å². The molecular weight excluding hydrogens is 402 g/mol. The van der Waals surface area contributed by atoms with Crippen molar-refractivity contribution in [1.82, 2.24) is 0 Å². The van der Waals surface area contributed by atoms with Crippen LogP contribution in [0.15, 0.2) is 0 Å². The zero-order chi connectivity index (χ0) is 23.9. The Hall–Kier alpha value is -0.650. The number of quaternary nitrogens is 1. The highest BCUT2D eigenvalue weighted by Gasteiger charge is 2.36. The number of aliphatic hydroxyl groups is 2. The van der Waals surface area contributed by atoms with Crippen LogP contribution < -0.4 is 5.11 Å². The van der Waals surface area contributed by atoms with E-state index in [9.17, 15) is 20.1 Å². The molecule has 0 radical (unpaired) electrons. The molecule has 0 aliphatic heterocycles. The molecule has 0 aliphatic carbocycles. The van der Waals surface area contributed by atoms with E-state index in [2.05, 4.69) is 6.92 Å². The molecule has 0 aromatic heterocycles. The number of rotatable bonds is 25. The first-order valence-corrected chi connectivity index (χ1v) is 13.9. The number of aliphatic hydroxyl groups excluding tert-OH is 2. The molecule has 0 heterocycles. The van der Waals surface area contributed by atoms with E-state index in [4.69, 9.17) is 0 Å². The molecule has 32 heavy (non-hydrogen) atoms. The minimum Gasteiger partial charge on any atom is -0.544 e. The van der Waals surface area contributed by atoms with Crippen LogP contribution >= 0.6 is 0 Å². The number of carboxylic acid groups (broad SMARTS) is 1. The second-order valence-corrected chi connectivity index (χ2v) is 9.76. The third kappa shape index (κ3) is 15.2. The molecule has 0 aliphatic rings. The fraction of sp³-hybridized carbons (Fsp3) is 0.963. The molecule has 1 unspecified atom stereocenters. The number of hydrogen-bond donors (Lipinski definition) is 2. The second kappa shape index (κ2) is 22.2. The van der Waals surface area contributed by atoms with Crippen LogP contribution in [0.1, 0.15) is 129 Å². The average molecular weight is 458 g/mol. The van der Waals surface area contributed by atoms with Gasteiger partial charge in [-0.1, -0.05) is 110 Å². The van der Waals surface area contributed by atoms with Gasteiger partial charge in [0.15, 0.2) is 0 Å². The van der Waals surface area contributed by atoms with Crippen LogP contribution in [-0.2, 0) is 4.79 Å². The number of unbranched alkanes of at least 4 members (excludes halogenated alkanes) is 15. The second-order valence-electron chi connectivity index (χ2n) is 9.76. The highest BCUT2D eigenvalue weighted by molar-refractivity contribution is 5.69. The Labute approximate surface area is 199 Å². The summed E-state index contributed by atoms with van der Waals surface area (Å²) < 4.78 is 0.252. The molecule has 0 saturated carbocycles. The Bertz CT molecular complexity index is 410. The number of hydrogen-bond acceptors (Lipinski definition) is 4. The van der Waals surface area contributed by atoms with Gasteiger partial charge in [-0.3, -0.25) is 0 Å². The molecule has 0 spiro atoms. The fourth-order valence-electron chi connectivity index (χ4n) is 5.06. The fourth-order valence-corrected chi connectivity index (χ4v) is 5.06. The average Bonchev–Trinajstić information content (AvgIpc) is 2.77. The van der Waals surface area contributed by atoms with Crippen molar-refractivity contribution in [3.05, 3.63) is 0 Å². The standard InChI is InChI=1S/C27H55NO4/c1-3-5-6-7-8-9-10-11-12-13-14-15-16-17-18-19-21-28(22-24-29,23-25-30)26(20-4-2)27(31)32/h26,29-30H,3-25H2,1-2H3. The summed E-state index contributed by atoms with van der Waals surface area (Å²) in [5.74, 6) is -1.05. The van der Waals surface area contributed by atoms with Gasteiger partial charge >= 0.3 is 0 Å². The van der Waals surface area contributed by atoms with E-state index in [-0.39, 0.29) is 17.7 Å². The first-order chi connectivity index (χ1) is 15.6. The summed E-state index contributed by atoms with van der Waals surface area (Å²) in [4.78, 5) is 11.8. The maximum atomic E-state index is 11.8. The Balaban J connectivity index is 3.92. The molecule has 0 rings (SSSR count). The summed E-state index contributed by atoms with van der Waals surface area (Å²) >= 11 is 0. The van der Waals surface area contributed by atoms with Crippen LogP contribution in [0.4, 0.5) is 0 Å². The topological polar surface area (TPSA) is 80.6 Å². The lowest BCUT2D eigenvalue weighted by Gasteiger charge is -2.45. The van der Waals surface area contributed by atoms with Gasteiger partial charge in [0.1, 0.15) is 19.1 Å². The Morgan fingerprint density at radius 2 is 1.00 bits per heavy atom. The summed E-state index contributed by atoms with van der Waals surface area (Å²) in [6.45, 7) is 5.55. The van der Waals surface area contributed by atoms with E-state index in [0.717, 1.165) is 19.3 Å². The molecule has 0 bridgehead atoms. The first-order valence-electron chi connectivity index (χ1n) is 13.9. The quantitative estimate of drug-likeness (QED) is 0.150. The maximum absolute atomic E-state index is 11.8. The van der Waals surface area contributed by atoms with Crippen LogP contribution in [0, 0.1) is 0 Å². The van der Waals surface area contributed by atoms with Gasteiger partial charge in [0.25, 0.3) is 0 Å². The zero-order valence-electron chi connectivity index (χ0n) is 21.5. The smallest absolute Gasteiger partial charge is 0.129 e. The summed E-state index contributed by atoms with van der Waals surface area (Å²) in [5, 5.41) is 30.9. The summed E-state index contributed by atoms with van der Waals surface area (Å²) in [6.07, 6.45) is 22.3. The van der Waals surface area contributed by atoms with E-state index in [1.165, 1.54) is 89.9 Å². The highest BCUT2D eigenvalue weighted by atomic mass is 16.4. The molecule has 0 fully saturated rings. The van der Waals surface area contributed by atoms with Crippen LogP contribution in [0.5, 0.6) is 0 Å². The third-order valence-corrected chi connectivity index (χ3v) is 7.04. The van der Waals surface area contributed by atoms with Crippen molar-refractivity contribution in [2.45, 2.75) is 135 Å². The van der Waals surface area contributed by atoms with Crippen LogP contribution in [0.25, 0.3) is 0 Å². The molecule has 192 valence electrons. The van der Waals surface area contributed by atoms with Gasteiger partial charge in [-0.05, 0) is 12.8 Å². The van der Waals surface area contributed by atoms with Crippen molar-refractivity contribution in [2.75, 3.05) is 32.8 Å². The number of nitrogens with zero attached hydrogens (tertiary/aromatic N) is 1. The van der Waals surface area contributed by atoms with Crippen molar-refractivity contribution in [1.29, 1.82) is 0 Å². The number of carboxylic acids is 1. The van der Waals surface area contributed by atoms with E-state index in [1.54, 1.807) is 0 Å². The molecular formula is C27H55NO4. The molecule has 0 saturated heterocycles. The predicted octanol–water partition coefficient (Wildman–Crippen LogP) is 4.97. The summed E-state index contributed by atoms with van der Waals surface area (Å²) in [6, 6.07) is -0.643. The number of carbonyl (C=O) groups excluding carboxylic acids is 1. The molecule has 2 N–H and O–H groups in total. The lowest BCUT2D eigenvalue weighted by atomic mass is 10.0. The SMILES string of the molecule is CCCCCCCCCCCCCCCCCC[N+](CCO)(CCO)C(CCC)C(=O)[O-]. The van der Waals surface area contributed by atoms with Gasteiger partial charge in [-0.15, -0.1) is 0 Å². The molecule has 0 aromatic carbocycles. The number of carbonyl (C=O) groups is 1.